The molecule has 4 rings (SSSR count). The van der Waals surface area contributed by atoms with E-state index < -0.39 is 0 Å². The first-order chi connectivity index (χ1) is 10.4. The van der Waals surface area contributed by atoms with Gasteiger partial charge in [0.15, 0.2) is 5.82 Å². The molecule has 1 saturated carbocycles. The molecule has 5 heteroatoms. The molecule has 110 valence electrons. The lowest BCUT2D eigenvalue weighted by atomic mass is 10.2. The maximum absolute atomic E-state index is 5.96. The Balaban J connectivity index is 1.59. The first kappa shape index (κ1) is 12.8. The maximum atomic E-state index is 5.96. The normalized spacial score (nSPS) is 21.6. The summed E-state index contributed by atoms with van der Waals surface area (Å²) in [6, 6.07) is 8.90. The van der Waals surface area contributed by atoms with Gasteiger partial charge in [0.1, 0.15) is 6.61 Å². The van der Waals surface area contributed by atoms with E-state index in [1.807, 2.05) is 24.3 Å². The number of hydrogen-bond acceptors (Lipinski definition) is 5. The Hall–Kier alpha value is -1.88. The predicted octanol–water partition coefficient (Wildman–Crippen LogP) is 2.33. The van der Waals surface area contributed by atoms with Gasteiger partial charge in [-0.25, -0.2) is 9.97 Å². The molecule has 1 aromatic carbocycles. The zero-order valence-corrected chi connectivity index (χ0v) is 12.0. The van der Waals surface area contributed by atoms with Crippen LogP contribution in [0.2, 0.25) is 0 Å². The van der Waals surface area contributed by atoms with Crippen LogP contribution in [0.4, 0.5) is 5.82 Å². The van der Waals surface area contributed by atoms with Crippen molar-refractivity contribution in [3.8, 4) is 5.88 Å². The van der Waals surface area contributed by atoms with Gasteiger partial charge in [0, 0.05) is 12.1 Å². The number of nitrogens with one attached hydrogen (secondary N) is 2. The van der Waals surface area contributed by atoms with E-state index in [0.29, 0.717) is 24.6 Å². The molecule has 2 aromatic rings. The number of benzene rings is 1. The van der Waals surface area contributed by atoms with Crippen molar-refractivity contribution in [1.29, 1.82) is 0 Å². The number of aromatic nitrogens is 2. The molecule has 2 fully saturated rings. The smallest absolute Gasteiger partial charge is 0.258 e. The fourth-order valence-corrected chi connectivity index (χ4v) is 2.68. The van der Waals surface area contributed by atoms with Crippen LogP contribution in [0.25, 0.3) is 11.0 Å². The molecule has 1 atom stereocenters. The minimum atomic E-state index is 0.437. The standard InChI is InChI=1S/C16H20N4O/c1-2-6-14-13(5-1)19-15(18-11-7-8-11)16(20-14)21-10-12-4-3-9-17-12/h1-2,5-6,11-12,17H,3-4,7-10H2,(H,18,19). The topological polar surface area (TPSA) is 59.1 Å². The average Bonchev–Trinajstić information content (AvgIpc) is 3.17. The second kappa shape index (κ2) is 5.48. The molecule has 2 heterocycles. The summed E-state index contributed by atoms with van der Waals surface area (Å²) in [6.07, 6.45) is 4.81. The summed E-state index contributed by atoms with van der Waals surface area (Å²) in [5.74, 6) is 1.42. The van der Waals surface area contributed by atoms with Gasteiger partial charge in [-0.1, -0.05) is 12.1 Å². The van der Waals surface area contributed by atoms with Gasteiger partial charge in [-0.2, -0.15) is 0 Å². The van der Waals surface area contributed by atoms with Crippen LogP contribution in [-0.2, 0) is 0 Å². The van der Waals surface area contributed by atoms with Gasteiger partial charge >= 0.3 is 0 Å². The van der Waals surface area contributed by atoms with Crippen LogP contribution in [0.5, 0.6) is 5.88 Å². The van der Waals surface area contributed by atoms with Crippen molar-refractivity contribution in [2.45, 2.75) is 37.8 Å². The van der Waals surface area contributed by atoms with Crippen molar-refractivity contribution in [1.82, 2.24) is 15.3 Å². The Bertz CT molecular complexity index is 635. The third kappa shape index (κ3) is 2.93. The molecule has 0 radical (unpaired) electrons. The molecule has 0 spiro atoms. The van der Waals surface area contributed by atoms with Crippen LogP contribution in [0.1, 0.15) is 25.7 Å². The molecule has 5 nitrogen and oxygen atoms in total. The van der Waals surface area contributed by atoms with E-state index in [2.05, 4.69) is 20.6 Å². The fourth-order valence-electron chi connectivity index (χ4n) is 2.68. The molecular formula is C16H20N4O. The highest BCUT2D eigenvalue weighted by Crippen LogP contribution is 2.30. The van der Waals surface area contributed by atoms with Crippen LogP contribution in [0.15, 0.2) is 24.3 Å². The van der Waals surface area contributed by atoms with E-state index in [1.54, 1.807) is 0 Å². The van der Waals surface area contributed by atoms with Crippen LogP contribution in [0.3, 0.4) is 0 Å². The number of fused-ring (bicyclic) bond motifs is 1. The van der Waals surface area contributed by atoms with Gasteiger partial charge in [0.25, 0.3) is 5.88 Å². The predicted molar refractivity (Wildman–Crippen MR) is 82.7 cm³/mol. The third-order valence-electron chi connectivity index (χ3n) is 4.04. The minimum Gasteiger partial charge on any atom is -0.473 e. The van der Waals surface area contributed by atoms with E-state index in [0.717, 1.165) is 23.4 Å². The first-order valence-corrected chi connectivity index (χ1v) is 7.78. The third-order valence-corrected chi connectivity index (χ3v) is 4.04. The SMILES string of the molecule is c1ccc2nc(OCC3CCCN3)c(NC3CC3)nc2c1. The van der Waals surface area contributed by atoms with E-state index in [1.165, 1.54) is 25.7 Å². The van der Waals surface area contributed by atoms with Crippen LogP contribution in [0, 0.1) is 0 Å². The lowest BCUT2D eigenvalue weighted by Crippen LogP contribution is -2.28. The van der Waals surface area contributed by atoms with Gasteiger partial charge in [-0.15, -0.1) is 0 Å². The van der Waals surface area contributed by atoms with Gasteiger partial charge in [-0.05, 0) is 44.4 Å². The number of rotatable bonds is 5. The summed E-state index contributed by atoms with van der Waals surface area (Å²) in [6.45, 7) is 1.75. The zero-order valence-electron chi connectivity index (χ0n) is 12.0. The molecule has 1 aliphatic heterocycles. The Labute approximate surface area is 124 Å². The van der Waals surface area contributed by atoms with Crippen molar-refractivity contribution in [2.75, 3.05) is 18.5 Å². The van der Waals surface area contributed by atoms with Crippen LogP contribution >= 0.6 is 0 Å². The average molecular weight is 284 g/mol. The van der Waals surface area contributed by atoms with Crippen LogP contribution < -0.4 is 15.4 Å². The monoisotopic (exact) mass is 284 g/mol. The zero-order chi connectivity index (χ0) is 14.1. The first-order valence-electron chi connectivity index (χ1n) is 7.78. The maximum Gasteiger partial charge on any atom is 0.258 e. The lowest BCUT2D eigenvalue weighted by molar-refractivity contribution is 0.269. The van der Waals surface area contributed by atoms with Crippen molar-refractivity contribution >= 4 is 16.9 Å². The van der Waals surface area contributed by atoms with Crippen molar-refractivity contribution in [2.24, 2.45) is 0 Å². The number of hydrogen-bond donors (Lipinski definition) is 2. The molecule has 1 unspecified atom stereocenters. The Kier molecular flexibility index (Phi) is 3.35. The molecule has 1 aliphatic carbocycles. The molecule has 2 aliphatic rings. The van der Waals surface area contributed by atoms with E-state index >= 15 is 0 Å². The van der Waals surface area contributed by atoms with Crippen LogP contribution in [-0.4, -0.2) is 35.2 Å². The second-order valence-corrected chi connectivity index (χ2v) is 5.89. The van der Waals surface area contributed by atoms with Gasteiger partial charge in [0.05, 0.1) is 11.0 Å². The summed E-state index contributed by atoms with van der Waals surface area (Å²) in [7, 11) is 0. The quantitative estimate of drug-likeness (QED) is 0.882. The molecule has 0 amide bonds. The highest BCUT2D eigenvalue weighted by Gasteiger charge is 2.24. The van der Waals surface area contributed by atoms with Crippen molar-refractivity contribution < 1.29 is 4.74 Å². The molecule has 1 saturated heterocycles. The van der Waals surface area contributed by atoms with Gasteiger partial charge < -0.3 is 15.4 Å². The van der Waals surface area contributed by atoms with Crippen molar-refractivity contribution in [3.63, 3.8) is 0 Å². The summed E-state index contributed by atoms with van der Waals surface area (Å²) >= 11 is 0. The molecule has 21 heavy (non-hydrogen) atoms. The van der Waals surface area contributed by atoms with Gasteiger partial charge in [-0.3, -0.25) is 0 Å². The molecular weight excluding hydrogens is 264 g/mol. The number of para-hydroxylation sites is 2. The fraction of sp³-hybridized carbons (Fsp3) is 0.500. The second-order valence-electron chi connectivity index (χ2n) is 5.89. The molecule has 0 bridgehead atoms. The lowest BCUT2D eigenvalue weighted by Gasteiger charge is -2.15. The van der Waals surface area contributed by atoms with Crippen molar-refractivity contribution in [3.05, 3.63) is 24.3 Å². The Morgan fingerprint density at radius 3 is 2.67 bits per heavy atom. The van der Waals surface area contributed by atoms with E-state index in [4.69, 9.17) is 4.74 Å². The number of nitrogens with zero attached hydrogens (tertiary/aromatic N) is 2. The number of ether oxygens (including phenoxy) is 1. The summed E-state index contributed by atoms with van der Waals surface area (Å²) in [5.41, 5.74) is 1.79. The highest BCUT2D eigenvalue weighted by atomic mass is 16.5. The van der Waals surface area contributed by atoms with Gasteiger partial charge in [0.2, 0.25) is 0 Å². The largest absolute Gasteiger partial charge is 0.473 e. The number of anilines is 1. The molecule has 2 N–H and O–H groups in total. The summed E-state index contributed by atoms with van der Waals surface area (Å²) in [5, 5.41) is 6.88. The highest BCUT2D eigenvalue weighted by molar-refractivity contribution is 5.77. The summed E-state index contributed by atoms with van der Waals surface area (Å²) in [4.78, 5) is 9.32. The molecule has 1 aromatic heterocycles. The Morgan fingerprint density at radius 2 is 1.95 bits per heavy atom. The minimum absolute atomic E-state index is 0.437. The Morgan fingerprint density at radius 1 is 1.14 bits per heavy atom. The van der Waals surface area contributed by atoms with E-state index in [-0.39, 0.29) is 0 Å². The van der Waals surface area contributed by atoms with E-state index in [9.17, 15) is 0 Å². The summed E-state index contributed by atoms with van der Waals surface area (Å²) < 4.78 is 5.96.